The molecule has 0 saturated carbocycles. The molecule has 0 aliphatic carbocycles. The average molecular weight is 206 g/mol. The van der Waals surface area contributed by atoms with E-state index in [1.807, 2.05) is 0 Å². The van der Waals surface area contributed by atoms with Gasteiger partial charge in [0.2, 0.25) is 0 Å². The first-order valence-corrected chi connectivity index (χ1v) is 4.37. The summed E-state index contributed by atoms with van der Waals surface area (Å²) in [7, 11) is 0. The Morgan fingerprint density at radius 2 is 1.64 bits per heavy atom. The molecule has 0 bridgehead atoms. The number of rotatable bonds is 8. The number of hydrogen-bond acceptors (Lipinski definition) is 4. The molecular formula is C8H14O6. The molecule has 2 N–H and O–H groups in total. The van der Waals surface area contributed by atoms with E-state index in [1.165, 1.54) is 0 Å². The zero-order chi connectivity index (χ0) is 10.8. The van der Waals surface area contributed by atoms with Crippen LogP contribution in [0.5, 0.6) is 0 Å². The van der Waals surface area contributed by atoms with Gasteiger partial charge >= 0.3 is 12.1 Å². The highest BCUT2D eigenvalue weighted by atomic mass is 17.2. The molecule has 82 valence electrons. The largest absolute Gasteiger partial charge is 0.537 e. The van der Waals surface area contributed by atoms with Crippen molar-refractivity contribution < 1.29 is 29.6 Å². The highest BCUT2D eigenvalue weighted by Gasteiger charge is 1.98. The third kappa shape index (κ3) is 10.7. The van der Waals surface area contributed by atoms with Gasteiger partial charge < -0.3 is 10.2 Å². The van der Waals surface area contributed by atoms with Crippen molar-refractivity contribution in [3.05, 3.63) is 0 Å². The molecule has 0 aliphatic rings. The molecule has 6 nitrogen and oxygen atoms in total. The van der Waals surface area contributed by atoms with Gasteiger partial charge in [0.15, 0.2) is 0 Å². The van der Waals surface area contributed by atoms with Crippen molar-refractivity contribution in [2.75, 3.05) is 6.61 Å². The van der Waals surface area contributed by atoms with Crippen molar-refractivity contribution in [2.45, 2.75) is 32.1 Å². The van der Waals surface area contributed by atoms with Gasteiger partial charge in [-0.25, -0.2) is 4.79 Å². The van der Waals surface area contributed by atoms with Crippen molar-refractivity contribution >= 4 is 12.1 Å². The lowest BCUT2D eigenvalue weighted by Gasteiger charge is -1.99. The Morgan fingerprint density at radius 3 is 2.21 bits per heavy atom. The highest BCUT2D eigenvalue weighted by molar-refractivity contribution is 5.66. The lowest BCUT2D eigenvalue weighted by atomic mass is 10.1. The van der Waals surface area contributed by atoms with E-state index < -0.39 is 12.1 Å². The van der Waals surface area contributed by atoms with Gasteiger partial charge in [-0.2, -0.15) is 4.89 Å². The van der Waals surface area contributed by atoms with E-state index >= 15 is 0 Å². The lowest BCUT2D eigenvalue weighted by Crippen LogP contribution is -2.02. The number of carboxylic acids is 1. The fourth-order valence-corrected chi connectivity index (χ4v) is 0.883. The summed E-state index contributed by atoms with van der Waals surface area (Å²) in [6, 6.07) is 0. The fraction of sp³-hybridized carbons (Fsp3) is 0.750. The van der Waals surface area contributed by atoms with Crippen LogP contribution in [0.3, 0.4) is 0 Å². The third-order valence-electron chi connectivity index (χ3n) is 1.50. The van der Waals surface area contributed by atoms with Crippen molar-refractivity contribution in [1.29, 1.82) is 0 Å². The molecule has 0 atom stereocenters. The second kappa shape index (κ2) is 8.31. The van der Waals surface area contributed by atoms with Crippen molar-refractivity contribution in [3.63, 3.8) is 0 Å². The predicted molar refractivity (Wildman–Crippen MR) is 45.8 cm³/mol. The highest BCUT2D eigenvalue weighted by Crippen LogP contribution is 2.03. The predicted octanol–water partition coefficient (Wildman–Crippen LogP) is 1.65. The Kier molecular flexibility index (Phi) is 7.53. The summed E-state index contributed by atoms with van der Waals surface area (Å²) in [5.74, 6) is -0.796. The summed E-state index contributed by atoms with van der Waals surface area (Å²) >= 11 is 0. The van der Waals surface area contributed by atoms with Gasteiger partial charge in [0.05, 0.1) is 6.61 Å². The minimum atomic E-state index is -1.46. The molecule has 0 spiro atoms. The van der Waals surface area contributed by atoms with Crippen LogP contribution in [-0.4, -0.2) is 28.9 Å². The molecule has 0 rings (SSSR count). The van der Waals surface area contributed by atoms with Crippen LogP contribution < -0.4 is 0 Å². The molecule has 0 heterocycles. The first kappa shape index (κ1) is 12.7. The standard InChI is InChI=1S/C8H14O6/c9-7(10)5-3-1-2-4-6-13-14-8(11)12/h1-6H2,(H,9,10)(H,11,12). The smallest absolute Gasteiger partial charge is 0.481 e. The topological polar surface area (TPSA) is 93.1 Å². The minimum absolute atomic E-state index is 0.173. The van der Waals surface area contributed by atoms with Crippen LogP contribution in [0.1, 0.15) is 32.1 Å². The molecule has 0 saturated heterocycles. The second-order valence-electron chi connectivity index (χ2n) is 2.73. The Hall–Kier alpha value is -1.30. The van der Waals surface area contributed by atoms with Gasteiger partial charge in [-0.3, -0.25) is 9.68 Å². The summed E-state index contributed by atoms with van der Waals surface area (Å²) in [6.45, 7) is 0.208. The summed E-state index contributed by atoms with van der Waals surface area (Å²) < 4.78 is 0. The SMILES string of the molecule is O=C(O)CCCCCCOOC(=O)O. The molecular weight excluding hydrogens is 192 g/mol. The van der Waals surface area contributed by atoms with E-state index in [2.05, 4.69) is 9.78 Å². The summed E-state index contributed by atoms with van der Waals surface area (Å²) in [5.41, 5.74) is 0. The van der Waals surface area contributed by atoms with Crippen LogP contribution in [0.15, 0.2) is 0 Å². The summed E-state index contributed by atoms with van der Waals surface area (Å²) in [6.07, 6.45) is 1.60. The van der Waals surface area contributed by atoms with Crippen molar-refractivity contribution in [2.24, 2.45) is 0 Å². The maximum atomic E-state index is 10.1. The molecule has 0 aromatic rings. The van der Waals surface area contributed by atoms with Crippen LogP contribution in [0.2, 0.25) is 0 Å². The van der Waals surface area contributed by atoms with Crippen molar-refractivity contribution in [3.8, 4) is 0 Å². The molecule has 6 heteroatoms. The van der Waals surface area contributed by atoms with Gasteiger partial charge in [-0.15, -0.1) is 0 Å². The van der Waals surface area contributed by atoms with Crippen LogP contribution >= 0.6 is 0 Å². The minimum Gasteiger partial charge on any atom is -0.481 e. The van der Waals surface area contributed by atoms with E-state index in [9.17, 15) is 9.59 Å². The maximum absolute atomic E-state index is 10.1. The van der Waals surface area contributed by atoms with Crippen molar-refractivity contribution in [1.82, 2.24) is 0 Å². The Bertz CT molecular complexity index is 159. The Morgan fingerprint density at radius 1 is 1.00 bits per heavy atom. The molecule has 0 aliphatic heterocycles. The normalized spacial score (nSPS) is 9.71. The number of carbonyl (C=O) groups is 2. The quantitative estimate of drug-likeness (QED) is 0.356. The molecule has 0 amide bonds. The molecule has 0 fully saturated rings. The molecule has 0 radical (unpaired) electrons. The maximum Gasteiger partial charge on any atom is 0.537 e. The number of hydrogen-bond donors (Lipinski definition) is 2. The van der Waals surface area contributed by atoms with Gasteiger partial charge in [0, 0.05) is 6.42 Å². The molecule has 0 unspecified atom stereocenters. The number of unbranched alkanes of at least 4 members (excludes halogenated alkanes) is 3. The van der Waals surface area contributed by atoms with E-state index in [0.29, 0.717) is 12.8 Å². The van der Waals surface area contributed by atoms with E-state index in [1.54, 1.807) is 0 Å². The second-order valence-corrected chi connectivity index (χ2v) is 2.73. The van der Waals surface area contributed by atoms with Gasteiger partial charge in [0.1, 0.15) is 0 Å². The van der Waals surface area contributed by atoms with E-state index in [4.69, 9.17) is 10.2 Å². The van der Waals surface area contributed by atoms with Crippen LogP contribution in [-0.2, 0) is 14.6 Å². The van der Waals surface area contributed by atoms with Gasteiger partial charge in [-0.1, -0.05) is 12.8 Å². The molecule has 0 aromatic carbocycles. The van der Waals surface area contributed by atoms with Gasteiger partial charge in [0.25, 0.3) is 0 Å². The lowest BCUT2D eigenvalue weighted by molar-refractivity contribution is -0.251. The number of aliphatic carboxylic acids is 1. The molecule has 14 heavy (non-hydrogen) atoms. The van der Waals surface area contributed by atoms with Gasteiger partial charge in [-0.05, 0) is 12.8 Å². The summed E-state index contributed by atoms with van der Waals surface area (Å²) in [5, 5.41) is 16.3. The first-order chi connectivity index (χ1) is 6.63. The van der Waals surface area contributed by atoms with Crippen LogP contribution in [0.4, 0.5) is 4.79 Å². The first-order valence-electron chi connectivity index (χ1n) is 4.37. The monoisotopic (exact) mass is 206 g/mol. The van der Waals surface area contributed by atoms with E-state index in [0.717, 1.165) is 12.8 Å². The Labute approximate surface area is 81.4 Å². The average Bonchev–Trinajstić information content (AvgIpc) is 2.08. The third-order valence-corrected chi connectivity index (χ3v) is 1.50. The van der Waals surface area contributed by atoms with E-state index in [-0.39, 0.29) is 13.0 Å². The Balaban J connectivity index is 2.99. The molecule has 0 aromatic heterocycles. The fourth-order valence-electron chi connectivity index (χ4n) is 0.883. The zero-order valence-corrected chi connectivity index (χ0v) is 7.77. The van der Waals surface area contributed by atoms with Crippen LogP contribution in [0, 0.1) is 0 Å². The number of carboxylic acid groups (broad SMARTS) is 2. The van der Waals surface area contributed by atoms with Crippen LogP contribution in [0.25, 0.3) is 0 Å². The zero-order valence-electron chi connectivity index (χ0n) is 7.77. The summed E-state index contributed by atoms with van der Waals surface area (Å²) in [4.78, 5) is 28.0.